The molecule has 0 aliphatic rings. The van der Waals surface area contributed by atoms with Crippen LogP contribution in [-0.2, 0) is 6.42 Å². The number of nitrogens with zero attached hydrogens (tertiary/aromatic N) is 6. The minimum absolute atomic E-state index is 0.161. The molecule has 0 unspecified atom stereocenters. The SMILES string of the molecule is Nc1ncc(C#Cc2c(N)ncnc2NCCc2nc3cccc(Cl)c3c(=O)n2-c2ccccc2)cn1. The monoisotopic (exact) mass is 509 g/mol. The number of nitrogens with one attached hydrogen (secondary N) is 1. The fraction of sp³-hybridized carbons (Fsp3) is 0.0769. The molecule has 182 valence electrons. The van der Waals surface area contributed by atoms with Crippen molar-refractivity contribution in [2.75, 3.05) is 23.3 Å². The van der Waals surface area contributed by atoms with Crippen molar-refractivity contribution in [3.8, 4) is 17.5 Å². The van der Waals surface area contributed by atoms with Gasteiger partial charge in [0.15, 0.2) is 0 Å². The third-order valence-corrected chi connectivity index (χ3v) is 5.77. The summed E-state index contributed by atoms with van der Waals surface area (Å²) in [5.41, 5.74) is 13.6. The van der Waals surface area contributed by atoms with Crippen LogP contribution in [0.4, 0.5) is 17.6 Å². The van der Waals surface area contributed by atoms with Crippen LogP contribution >= 0.6 is 11.6 Å². The van der Waals surface area contributed by atoms with Crippen LogP contribution in [0.15, 0.2) is 72.0 Å². The van der Waals surface area contributed by atoms with E-state index in [1.807, 2.05) is 30.3 Å². The van der Waals surface area contributed by atoms with E-state index in [9.17, 15) is 4.79 Å². The van der Waals surface area contributed by atoms with Gasteiger partial charge in [-0.3, -0.25) is 9.36 Å². The molecule has 0 saturated carbocycles. The van der Waals surface area contributed by atoms with Crippen LogP contribution in [0.5, 0.6) is 0 Å². The van der Waals surface area contributed by atoms with E-state index in [2.05, 4.69) is 37.1 Å². The zero-order valence-electron chi connectivity index (χ0n) is 19.4. The molecule has 0 spiro atoms. The lowest BCUT2D eigenvalue weighted by Crippen LogP contribution is -2.25. The van der Waals surface area contributed by atoms with Crippen LogP contribution in [0.2, 0.25) is 5.02 Å². The first-order valence-electron chi connectivity index (χ1n) is 11.2. The van der Waals surface area contributed by atoms with Gasteiger partial charge in [0.05, 0.1) is 27.2 Å². The van der Waals surface area contributed by atoms with Gasteiger partial charge in [-0.15, -0.1) is 0 Å². The largest absolute Gasteiger partial charge is 0.382 e. The Hall–Kier alpha value is -5.01. The second-order valence-corrected chi connectivity index (χ2v) is 8.28. The summed E-state index contributed by atoms with van der Waals surface area (Å²) in [5.74, 6) is 7.31. The number of aromatic nitrogens is 6. The predicted octanol–water partition coefficient (Wildman–Crippen LogP) is 2.84. The van der Waals surface area contributed by atoms with Crippen LogP contribution in [0.3, 0.4) is 0 Å². The van der Waals surface area contributed by atoms with Crippen LogP contribution in [0.1, 0.15) is 17.0 Å². The molecule has 0 fully saturated rings. The lowest BCUT2D eigenvalue weighted by molar-refractivity contribution is 0.809. The molecule has 37 heavy (non-hydrogen) atoms. The van der Waals surface area contributed by atoms with E-state index < -0.39 is 0 Å². The smallest absolute Gasteiger partial charge is 0.267 e. The summed E-state index contributed by atoms with van der Waals surface area (Å²) in [7, 11) is 0. The van der Waals surface area contributed by atoms with Gasteiger partial charge >= 0.3 is 0 Å². The van der Waals surface area contributed by atoms with Crippen LogP contribution < -0.4 is 22.3 Å². The van der Waals surface area contributed by atoms with E-state index in [0.29, 0.717) is 57.3 Å². The molecule has 5 rings (SSSR count). The molecule has 3 aromatic heterocycles. The Balaban J connectivity index is 1.46. The van der Waals surface area contributed by atoms with Crippen LogP contribution in [0, 0.1) is 11.8 Å². The van der Waals surface area contributed by atoms with Gasteiger partial charge in [-0.1, -0.05) is 47.7 Å². The Morgan fingerprint density at radius 1 is 0.946 bits per heavy atom. The molecule has 0 bridgehead atoms. The zero-order valence-corrected chi connectivity index (χ0v) is 20.1. The van der Waals surface area contributed by atoms with Crippen molar-refractivity contribution in [1.82, 2.24) is 29.5 Å². The Morgan fingerprint density at radius 2 is 1.73 bits per heavy atom. The highest BCUT2D eigenvalue weighted by atomic mass is 35.5. The Labute approximate surface area is 216 Å². The third kappa shape index (κ3) is 5.03. The van der Waals surface area contributed by atoms with E-state index in [-0.39, 0.29) is 17.3 Å². The van der Waals surface area contributed by atoms with Gasteiger partial charge in [0.25, 0.3) is 5.56 Å². The number of benzene rings is 2. The molecule has 3 heterocycles. The zero-order chi connectivity index (χ0) is 25.8. The highest BCUT2D eigenvalue weighted by Crippen LogP contribution is 2.21. The summed E-state index contributed by atoms with van der Waals surface area (Å²) < 4.78 is 1.58. The average molecular weight is 510 g/mol. The number of nitrogen functional groups attached to an aromatic ring is 2. The maximum absolute atomic E-state index is 13.5. The summed E-state index contributed by atoms with van der Waals surface area (Å²) in [6.45, 7) is 0.390. The molecule has 0 amide bonds. The number of rotatable bonds is 5. The van der Waals surface area contributed by atoms with Gasteiger partial charge in [0, 0.05) is 25.4 Å². The molecule has 0 saturated heterocycles. The van der Waals surface area contributed by atoms with Gasteiger partial charge in [-0.2, -0.15) is 0 Å². The third-order valence-electron chi connectivity index (χ3n) is 5.45. The molecule has 2 aromatic carbocycles. The Kier molecular flexibility index (Phi) is 6.61. The summed E-state index contributed by atoms with van der Waals surface area (Å²) >= 11 is 6.35. The number of anilines is 3. The van der Waals surface area contributed by atoms with Crippen molar-refractivity contribution in [1.29, 1.82) is 0 Å². The van der Waals surface area contributed by atoms with Gasteiger partial charge in [-0.25, -0.2) is 24.9 Å². The molecule has 0 atom stereocenters. The summed E-state index contributed by atoms with van der Waals surface area (Å²) in [6.07, 6.45) is 4.78. The average Bonchev–Trinajstić information content (AvgIpc) is 2.90. The lowest BCUT2D eigenvalue weighted by Gasteiger charge is -2.15. The number of hydrogen-bond donors (Lipinski definition) is 3. The molecular formula is C26H20ClN9O. The van der Waals surface area contributed by atoms with Gasteiger partial charge in [0.2, 0.25) is 5.95 Å². The standard InChI is InChI=1S/C26H20ClN9O/c27-19-7-4-8-20-22(19)25(37)36(17-5-2-1-3-6-17)21(35-20)11-12-30-24-18(23(28)33-15-34-24)10-9-16-13-31-26(29)32-14-16/h1-8,13-15H,11-12H2,(H2,29,31,32)(H3,28,30,33,34). The van der Waals surface area contributed by atoms with E-state index in [1.165, 1.54) is 18.7 Å². The highest BCUT2D eigenvalue weighted by Gasteiger charge is 2.15. The van der Waals surface area contributed by atoms with Gasteiger partial charge in [-0.05, 0) is 24.3 Å². The second-order valence-electron chi connectivity index (χ2n) is 7.88. The van der Waals surface area contributed by atoms with E-state index >= 15 is 0 Å². The molecule has 0 aliphatic carbocycles. The maximum atomic E-state index is 13.5. The normalized spacial score (nSPS) is 10.6. The van der Waals surface area contributed by atoms with Crippen molar-refractivity contribution in [2.45, 2.75) is 6.42 Å². The molecular weight excluding hydrogens is 490 g/mol. The fourth-order valence-electron chi connectivity index (χ4n) is 3.73. The minimum Gasteiger partial charge on any atom is -0.382 e. The lowest BCUT2D eigenvalue weighted by atomic mass is 10.2. The second kappa shape index (κ2) is 10.3. The topological polar surface area (TPSA) is 151 Å². The molecule has 10 nitrogen and oxygen atoms in total. The molecule has 11 heteroatoms. The molecule has 5 aromatic rings. The Bertz CT molecular complexity index is 1710. The van der Waals surface area contributed by atoms with Crippen molar-refractivity contribution in [3.63, 3.8) is 0 Å². The number of hydrogen-bond acceptors (Lipinski definition) is 9. The van der Waals surface area contributed by atoms with E-state index in [1.54, 1.807) is 22.8 Å². The first kappa shape index (κ1) is 23.7. The first-order chi connectivity index (χ1) is 18.0. The summed E-state index contributed by atoms with van der Waals surface area (Å²) in [4.78, 5) is 34.4. The number of para-hydroxylation sites is 1. The quantitative estimate of drug-likeness (QED) is 0.304. The van der Waals surface area contributed by atoms with Crippen molar-refractivity contribution in [3.05, 3.63) is 99.6 Å². The number of halogens is 1. The molecule has 0 radical (unpaired) electrons. The minimum atomic E-state index is -0.236. The predicted molar refractivity (Wildman–Crippen MR) is 143 cm³/mol. The number of fused-ring (bicyclic) bond motifs is 1. The van der Waals surface area contributed by atoms with Crippen molar-refractivity contribution in [2.24, 2.45) is 0 Å². The fourth-order valence-corrected chi connectivity index (χ4v) is 3.98. The Morgan fingerprint density at radius 3 is 2.51 bits per heavy atom. The molecule has 0 aliphatic heterocycles. The van der Waals surface area contributed by atoms with Crippen molar-refractivity contribution < 1.29 is 0 Å². The highest BCUT2D eigenvalue weighted by molar-refractivity contribution is 6.35. The van der Waals surface area contributed by atoms with E-state index in [0.717, 1.165) is 0 Å². The molecule has 5 N–H and O–H groups in total. The first-order valence-corrected chi connectivity index (χ1v) is 11.6. The summed E-state index contributed by atoms with van der Waals surface area (Å²) in [5, 5.41) is 3.97. The van der Waals surface area contributed by atoms with Crippen LogP contribution in [0.25, 0.3) is 16.6 Å². The summed E-state index contributed by atoms with van der Waals surface area (Å²) in [6, 6.07) is 14.5. The number of nitrogens with two attached hydrogens (primary N) is 2. The van der Waals surface area contributed by atoms with Crippen molar-refractivity contribution >= 4 is 40.1 Å². The maximum Gasteiger partial charge on any atom is 0.267 e. The van der Waals surface area contributed by atoms with E-state index in [4.69, 9.17) is 28.1 Å². The van der Waals surface area contributed by atoms with Gasteiger partial charge < -0.3 is 16.8 Å². The van der Waals surface area contributed by atoms with Crippen LogP contribution in [-0.4, -0.2) is 36.0 Å². The van der Waals surface area contributed by atoms with Gasteiger partial charge in [0.1, 0.15) is 29.4 Å².